The Bertz CT molecular complexity index is 667. The minimum absolute atomic E-state index is 0.0986. The number of carboxylic acid groups (broad SMARTS) is 2. The zero-order chi connectivity index (χ0) is 23.4. The molecule has 0 aromatic carbocycles. The van der Waals surface area contributed by atoms with Gasteiger partial charge in [-0.25, -0.2) is 0 Å². The van der Waals surface area contributed by atoms with Gasteiger partial charge in [-0.05, 0) is 18.8 Å². The molecule has 0 aliphatic rings. The van der Waals surface area contributed by atoms with Gasteiger partial charge < -0.3 is 37.6 Å². The molecule has 3 unspecified atom stereocenters. The molecule has 4 amide bonds. The maximum atomic E-state index is 12.6. The SMILES string of the molecule is CC(C)CC(N)C(=O)NC(CCC(N)=O)C(=O)NC(CC(=O)O)C(=O)NCC(=O)O. The van der Waals surface area contributed by atoms with E-state index in [9.17, 15) is 28.8 Å². The van der Waals surface area contributed by atoms with Crippen molar-refractivity contribution in [3.8, 4) is 0 Å². The van der Waals surface area contributed by atoms with Crippen molar-refractivity contribution in [1.29, 1.82) is 0 Å². The third kappa shape index (κ3) is 11.6. The minimum Gasteiger partial charge on any atom is -0.481 e. The van der Waals surface area contributed by atoms with Crippen molar-refractivity contribution in [2.24, 2.45) is 17.4 Å². The van der Waals surface area contributed by atoms with Crippen LogP contribution in [0.1, 0.15) is 39.5 Å². The van der Waals surface area contributed by atoms with Crippen LogP contribution in [0.5, 0.6) is 0 Å². The second-order valence-electron chi connectivity index (χ2n) is 7.07. The molecular weight excluding hydrogens is 402 g/mol. The third-order valence-corrected chi connectivity index (χ3v) is 3.80. The molecule has 0 saturated carbocycles. The topological polar surface area (TPSA) is 231 Å². The molecule has 0 rings (SSSR count). The van der Waals surface area contributed by atoms with E-state index >= 15 is 0 Å². The number of rotatable bonds is 14. The lowest BCUT2D eigenvalue weighted by atomic mass is 10.0. The number of aliphatic carboxylic acids is 2. The van der Waals surface area contributed by atoms with Crippen LogP contribution in [0.25, 0.3) is 0 Å². The standard InChI is InChI=1S/C17H29N5O8/c1-8(2)5-9(18)15(28)21-10(3-4-12(19)23)17(30)22-11(6-13(24)25)16(29)20-7-14(26)27/h8-11H,3-7,18H2,1-2H3,(H2,19,23)(H,20,29)(H,21,28)(H,22,30)(H,24,25)(H,26,27). The summed E-state index contributed by atoms with van der Waals surface area (Å²) in [5.41, 5.74) is 10.8. The molecule has 0 aliphatic heterocycles. The van der Waals surface area contributed by atoms with E-state index in [1.54, 1.807) is 0 Å². The van der Waals surface area contributed by atoms with E-state index < -0.39 is 66.7 Å². The van der Waals surface area contributed by atoms with Crippen molar-refractivity contribution >= 4 is 35.6 Å². The van der Waals surface area contributed by atoms with E-state index in [4.69, 9.17) is 21.7 Å². The van der Waals surface area contributed by atoms with Gasteiger partial charge in [0, 0.05) is 6.42 Å². The molecule has 0 aliphatic carbocycles. The van der Waals surface area contributed by atoms with Gasteiger partial charge in [0.2, 0.25) is 23.6 Å². The van der Waals surface area contributed by atoms with Gasteiger partial charge in [0.05, 0.1) is 12.5 Å². The highest BCUT2D eigenvalue weighted by atomic mass is 16.4. The fourth-order valence-electron chi connectivity index (χ4n) is 2.39. The van der Waals surface area contributed by atoms with Crippen LogP contribution in [0.15, 0.2) is 0 Å². The number of carbonyl (C=O) groups excluding carboxylic acids is 4. The lowest BCUT2D eigenvalue weighted by molar-refractivity contribution is -0.141. The molecule has 13 heteroatoms. The van der Waals surface area contributed by atoms with Crippen molar-refractivity contribution < 1.29 is 39.0 Å². The molecular formula is C17H29N5O8. The Morgan fingerprint density at radius 3 is 1.90 bits per heavy atom. The second-order valence-corrected chi connectivity index (χ2v) is 7.07. The molecule has 13 nitrogen and oxygen atoms in total. The van der Waals surface area contributed by atoms with E-state index in [0.717, 1.165) is 0 Å². The number of carbonyl (C=O) groups is 6. The van der Waals surface area contributed by atoms with E-state index in [2.05, 4.69) is 10.6 Å². The molecule has 0 heterocycles. The summed E-state index contributed by atoms with van der Waals surface area (Å²) >= 11 is 0. The molecule has 3 atom stereocenters. The Balaban J connectivity index is 5.32. The molecule has 0 aromatic rings. The first-order chi connectivity index (χ1) is 13.8. The summed E-state index contributed by atoms with van der Waals surface area (Å²) in [4.78, 5) is 69.5. The van der Waals surface area contributed by atoms with Crippen molar-refractivity contribution in [1.82, 2.24) is 16.0 Å². The Morgan fingerprint density at radius 2 is 1.43 bits per heavy atom. The lowest BCUT2D eigenvalue weighted by Crippen LogP contribution is -2.56. The summed E-state index contributed by atoms with van der Waals surface area (Å²) in [7, 11) is 0. The quantitative estimate of drug-likeness (QED) is 0.151. The largest absolute Gasteiger partial charge is 0.481 e. The summed E-state index contributed by atoms with van der Waals surface area (Å²) in [6, 6.07) is -3.85. The Kier molecular flexibility index (Phi) is 11.7. The zero-order valence-electron chi connectivity index (χ0n) is 16.8. The molecule has 0 saturated heterocycles. The van der Waals surface area contributed by atoms with Crippen molar-refractivity contribution in [3.05, 3.63) is 0 Å². The van der Waals surface area contributed by atoms with E-state index in [-0.39, 0.29) is 18.8 Å². The van der Waals surface area contributed by atoms with Crippen LogP contribution in [0.2, 0.25) is 0 Å². The summed E-state index contributed by atoms with van der Waals surface area (Å²) in [5, 5.41) is 24.0. The summed E-state index contributed by atoms with van der Waals surface area (Å²) in [6.07, 6.45) is -0.986. The van der Waals surface area contributed by atoms with Gasteiger partial charge in [-0.15, -0.1) is 0 Å². The lowest BCUT2D eigenvalue weighted by Gasteiger charge is -2.23. The zero-order valence-corrected chi connectivity index (χ0v) is 16.8. The van der Waals surface area contributed by atoms with Gasteiger partial charge >= 0.3 is 11.9 Å². The molecule has 170 valence electrons. The average molecular weight is 431 g/mol. The van der Waals surface area contributed by atoms with Crippen LogP contribution in [0.3, 0.4) is 0 Å². The number of hydrogen-bond donors (Lipinski definition) is 7. The minimum atomic E-state index is -1.60. The first kappa shape index (κ1) is 26.8. The van der Waals surface area contributed by atoms with Crippen LogP contribution in [-0.2, 0) is 28.8 Å². The number of nitrogens with one attached hydrogen (secondary N) is 3. The fraction of sp³-hybridized carbons (Fsp3) is 0.647. The average Bonchev–Trinajstić information content (AvgIpc) is 2.60. The van der Waals surface area contributed by atoms with Crippen LogP contribution >= 0.6 is 0 Å². The molecule has 30 heavy (non-hydrogen) atoms. The highest BCUT2D eigenvalue weighted by Gasteiger charge is 2.30. The first-order valence-electron chi connectivity index (χ1n) is 9.19. The maximum absolute atomic E-state index is 12.6. The Labute approximate surface area is 172 Å². The van der Waals surface area contributed by atoms with Crippen molar-refractivity contribution in [2.75, 3.05) is 6.54 Å². The van der Waals surface area contributed by atoms with E-state index in [0.29, 0.717) is 6.42 Å². The molecule has 0 bridgehead atoms. The summed E-state index contributed by atoms with van der Waals surface area (Å²) in [5.74, 6) is -6.09. The number of primary amides is 1. The van der Waals surface area contributed by atoms with E-state index in [1.165, 1.54) is 0 Å². The highest BCUT2D eigenvalue weighted by Crippen LogP contribution is 2.05. The number of amides is 4. The Hall–Kier alpha value is -3.22. The van der Waals surface area contributed by atoms with Crippen LogP contribution in [0.4, 0.5) is 0 Å². The normalized spacial score (nSPS) is 13.6. The van der Waals surface area contributed by atoms with Gasteiger partial charge in [-0.3, -0.25) is 28.8 Å². The summed E-state index contributed by atoms with van der Waals surface area (Å²) in [6.45, 7) is 2.91. The van der Waals surface area contributed by atoms with Gasteiger partial charge in [0.1, 0.15) is 18.6 Å². The Morgan fingerprint density at radius 1 is 0.867 bits per heavy atom. The van der Waals surface area contributed by atoms with Crippen molar-refractivity contribution in [2.45, 2.75) is 57.7 Å². The molecule has 0 radical (unpaired) electrons. The van der Waals surface area contributed by atoms with Crippen LogP contribution in [0, 0.1) is 5.92 Å². The van der Waals surface area contributed by atoms with Gasteiger partial charge in [-0.1, -0.05) is 13.8 Å². The maximum Gasteiger partial charge on any atom is 0.322 e. The molecule has 0 spiro atoms. The molecule has 0 fully saturated rings. The predicted octanol–water partition coefficient (Wildman–Crippen LogP) is -2.73. The number of hydrogen-bond acceptors (Lipinski definition) is 7. The highest BCUT2D eigenvalue weighted by molar-refractivity contribution is 5.95. The first-order valence-corrected chi connectivity index (χ1v) is 9.19. The van der Waals surface area contributed by atoms with Gasteiger partial charge in [0.25, 0.3) is 0 Å². The summed E-state index contributed by atoms with van der Waals surface area (Å²) < 4.78 is 0. The number of nitrogens with two attached hydrogens (primary N) is 2. The van der Waals surface area contributed by atoms with Gasteiger partial charge in [-0.2, -0.15) is 0 Å². The number of carboxylic acids is 2. The van der Waals surface area contributed by atoms with Crippen molar-refractivity contribution in [3.63, 3.8) is 0 Å². The van der Waals surface area contributed by atoms with E-state index in [1.807, 2.05) is 19.2 Å². The predicted molar refractivity (Wildman–Crippen MR) is 103 cm³/mol. The fourth-order valence-corrected chi connectivity index (χ4v) is 2.39. The van der Waals surface area contributed by atoms with Gasteiger partial charge in [0.15, 0.2) is 0 Å². The van der Waals surface area contributed by atoms with Crippen LogP contribution < -0.4 is 27.4 Å². The smallest absolute Gasteiger partial charge is 0.322 e. The molecule has 0 aromatic heterocycles. The second kappa shape index (κ2) is 13.1. The molecule has 9 N–H and O–H groups in total. The van der Waals surface area contributed by atoms with Crippen LogP contribution in [-0.4, -0.2) is 70.5 Å². The monoisotopic (exact) mass is 431 g/mol. The third-order valence-electron chi connectivity index (χ3n) is 3.80.